The second-order valence-electron chi connectivity index (χ2n) is 3.95. The van der Waals surface area contributed by atoms with E-state index in [0.717, 1.165) is 21.5 Å². The molecule has 0 saturated heterocycles. The molecule has 1 N–H and O–H groups in total. The molecule has 1 aromatic heterocycles. The Bertz CT molecular complexity index is 756. The van der Waals surface area contributed by atoms with Gasteiger partial charge in [-0.3, -0.25) is 4.57 Å². The quantitative estimate of drug-likeness (QED) is 0.551. The van der Waals surface area contributed by atoms with Gasteiger partial charge in [0, 0.05) is 4.90 Å². The van der Waals surface area contributed by atoms with Gasteiger partial charge in [-0.15, -0.1) is 11.8 Å². The van der Waals surface area contributed by atoms with Crippen molar-refractivity contribution in [3.63, 3.8) is 0 Å². The Morgan fingerprint density at radius 2 is 1.78 bits per heavy atom. The third-order valence-electron chi connectivity index (χ3n) is 2.92. The molecule has 1 heterocycles. The number of H-pyrrole nitrogens is 1. The lowest BCUT2D eigenvalue weighted by Crippen LogP contribution is -1.95. The predicted molar refractivity (Wildman–Crippen MR) is 80.2 cm³/mol. The van der Waals surface area contributed by atoms with Crippen LogP contribution in [0.5, 0.6) is 0 Å². The van der Waals surface area contributed by atoms with Crippen molar-refractivity contribution in [2.45, 2.75) is 4.90 Å². The van der Waals surface area contributed by atoms with Gasteiger partial charge in [-0.2, -0.15) is 0 Å². The molecule has 4 heteroatoms. The highest BCUT2D eigenvalue weighted by Gasteiger charge is 2.08. The second kappa shape index (κ2) is 4.63. The van der Waals surface area contributed by atoms with Crippen molar-refractivity contribution in [1.29, 1.82) is 0 Å². The van der Waals surface area contributed by atoms with Crippen molar-refractivity contribution >= 4 is 35.0 Å². The van der Waals surface area contributed by atoms with E-state index in [1.807, 2.05) is 30.3 Å². The molecule has 0 spiro atoms. The molecule has 0 aliphatic heterocycles. The third kappa shape index (κ3) is 1.78. The number of nitrogens with one attached hydrogen (secondary N) is 1. The van der Waals surface area contributed by atoms with E-state index >= 15 is 0 Å². The van der Waals surface area contributed by atoms with Crippen molar-refractivity contribution in [3.8, 4) is 5.69 Å². The smallest absolute Gasteiger partial charge is 0.182 e. The molecule has 0 aliphatic carbocycles. The molecule has 0 atom stereocenters. The Morgan fingerprint density at radius 3 is 2.61 bits per heavy atom. The molecule has 0 unspecified atom stereocenters. The third-order valence-corrected chi connectivity index (χ3v) is 3.99. The van der Waals surface area contributed by atoms with E-state index in [9.17, 15) is 0 Å². The number of para-hydroxylation sites is 3. The molecule has 0 amide bonds. The average Bonchev–Trinajstić information content (AvgIpc) is 2.74. The summed E-state index contributed by atoms with van der Waals surface area (Å²) in [4.78, 5) is 4.47. The van der Waals surface area contributed by atoms with Gasteiger partial charge in [0.05, 0.1) is 16.7 Å². The zero-order chi connectivity index (χ0) is 12.5. The Morgan fingerprint density at radius 1 is 1.06 bits per heavy atom. The van der Waals surface area contributed by atoms with E-state index in [1.165, 1.54) is 4.90 Å². The lowest BCUT2D eigenvalue weighted by molar-refractivity contribution is 1.03. The molecule has 90 valence electrons. The maximum Gasteiger partial charge on any atom is 0.182 e. The van der Waals surface area contributed by atoms with Crippen LogP contribution in [-0.2, 0) is 0 Å². The molecule has 3 rings (SSSR count). The van der Waals surface area contributed by atoms with Gasteiger partial charge >= 0.3 is 0 Å². The average molecular weight is 272 g/mol. The Kier molecular flexibility index (Phi) is 2.97. The molecule has 0 saturated carbocycles. The van der Waals surface area contributed by atoms with Crippen LogP contribution in [0.1, 0.15) is 0 Å². The van der Waals surface area contributed by atoms with Gasteiger partial charge in [0.1, 0.15) is 0 Å². The molecular formula is C14H12N2S2. The van der Waals surface area contributed by atoms with Crippen LogP contribution in [0.25, 0.3) is 16.7 Å². The number of rotatable bonds is 2. The van der Waals surface area contributed by atoms with Crippen LogP contribution in [-0.4, -0.2) is 15.8 Å². The maximum absolute atomic E-state index is 5.44. The summed E-state index contributed by atoms with van der Waals surface area (Å²) >= 11 is 7.17. The van der Waals surface area contributed by atoms with Crippen molar-refractivity contribution in [1.82, 2.24) is 9.55 Å². The number of aromatic nitrogens is 2. The number of imidazole rings is 1. The lowest BCUT2D eigenvalue weighted by Gasteiger charge is -2.09. The van der Waals surface area contributed by atoms with E-state index in [1.54, 1.807) is 11.8 Å². The molecule has 2 aromatic carbocycles. The Balaban J connectivity index is 2.38. The molecule has 2 nitrogen and oxygen atoms in total. The largest absolute Gasteiger partial charge is 0.330 e. The number of fused-ring (bicyclic) bond motifs is 1. The monoisotopic (exact) mass is 272 g/mol. The minimum Gasteiger partial charge on any atom is -0.330 e. The molecule has 0 fully saturated rings. The van der Waals surface area contributed by atoms with E-state index in [4.69, 9.17) is 12.2 Å². The molecule has 3 aromatic rings. The fourth-order valence-electron chi connectivity index (χ4n) is 2.11. The summed E-state index contributed by atoms with van der Waals surface area (Å²) in [7, 11) is 0. The van der Waals surface area contributed by atoms with Gasteiger partial charge in [-0.05, 0) is 42.7 Å². The normalized spacial score (nSPS) is 10.9. The van der Waals surface area contributed by atoms with Gasteiger partial charge in [-0.25, -0.2) is 0 Å². The highest BCUT2D eigenvalue weighted by molar-refractivity contribution is 7.98. The zero-order valence-electron chi connectivity index (χ0n) is 9.88. The van der Waals surface area contributed by atoms with E-state index in [-0.39, 0.29) is 0 Å². The molecule has 0 radical (unpaired) electrons. The summed E-state index contributed by atoms with van der Waals surface area (Å²) in [5.41, 5.74) is 3.31. The maximum atomic E-state index is 5.44. The van der Waals surface area contributed by atoms with E-state index in [2.05, 4.69) is 34.0 Å². The molecule has 18 heavy (non-hydrogen) atoms. The predicted octanol–water partition coefficient (Wildman–Crippen LogP) is 4.41. The van der Waals surface area contributed by atoms with Gasteiger partial charge in [0.25, 0.3) is 0 Å². The van der Waals surface area contributed by atoms with Gasteiger partial charge in [0.15, 0.2) is 4.77 Å². The summed E-state index contributed by atoms with van der Waals surface area (Å²) in [6.07, 6.45) is 2.08. The molecule has 0 bridgehead atoms. The Labute approximate surface area is 115 Å². The van der Waals surface area contributed by atoms with Crippen molar-refractivity contribution in [2.24, 2.45) is 0 Å². The summed E-state index contributed by atoms with van der Waals surface area (Å²) in [5.74, 6) is 0. The fourth-order valence-corrected chi connectivity index (χ4v) is 3.00. The van der Waals surface area contributed by atoms with E-state index in [0.29, 0.717) is 0 Å². The summed E-state index contributed by atoms with van der Waals surface area (Å²) in [6, 6.07) is 16.5. The molecular weight excluding hydrogens is 260 g/mol. The van der Waals surface area contributed by atoms with Crippen LogP contribution in [0.15, 0.2) is 53.4 Å². The summed E-state index contributed by atoms with van der Waals surface area (Å²) in [5, 5.41) is 0. The van der Waals surface area contributed by atoms with Crippen molar-refractivity contribution in [3.05, 3.63) is 53.3 Å². The number of benzene rings is 2. The standard InChI is InChI=1S/C14H12N2S2/c1-18-13-9-5-4-8-12(13)16-11-7-3-2-6-10(11)15-14(16)17/h2-9H,1H3,(H,15,17). The zero-order valence-corrected chi connectivity index (χ0v) is 11.5. The first kappa shape index (κ1) is 11.6. The van der Waals surface area contributed by atoms with Crippen LogP contribution in [0.4, 0.5) is 0 Å². The summed E-state index contributed by atoms with van der Waals surface area (Å²) < 4.78 is 2.83. The number of hydrogen-bond acceptors (Lipinski definition) is 2. The van der Waals surface area contributed by atoms with E-state index < -0.39 is 0 Å². The van der Waals surface area contributed by atoms with Crippen molar-refractivity contribution in [2.75, 3.05) is 6.26 Å². The lowest BCUT2D eigenvalue weighted by atomic mass is 10.3. The van der Waals surface area contributed by atoms with Gasteiger partial charge in [-0.1, -0.05) is 24.3 Å². The number of aromatic amines is 1. The van der Waals surface area contributed by atoms with Crippen LogP contribution in [0.2, 0.25) is 0 Å². The number of hydrogen-bond donors (Lipinski definition) is 1. The first-order chi connectivity index (χ1) is 8.81. The Hall–Kier alpha value is -1.52. The van der Waals surface area contributed by atoms with Gasteiger partial charge < -0.3 is 4.98 Å². The minimum atomic E-state index is 0.734. The number of nitrogens with zero attached hydrogens (tertiary/aromatic N) is 1. The van der Waals surface area contributed by atoms with Crippen LogP contribution in [0, 0.1) is 4.77 Å². The van der Waals surface area contributed by atoms with Crippen LogP contribution in [0.3, 0.4) is 0 Å². The minimum absolute atomic E-state index is 0.734. The first-order valence-corrected chi connectivity index (χ1v) is 7.28. The first-order valence-electron chi connectivity index (χ1n) is 5.64. The highest BCUT2D eigenvalue weighted by Crippen LogP contribution is 2.27. The molecule has 0 aliphatic rings. The topological polar surface area (TPSA) is 20.7 Å². The van der Waals surface area contributed by atoms with Crippen molar-refractivity contribution < 1.29 is 0 Å². The van der Waals surface area contributed by atoms with Crippen LogP contribution < -0.4 is 0 Å². The van der Waals surface area contributed by atoms with Gasteiger partial charge in [0.2, 0.25) is 0 Å². The summed E-state index contributed by atoms with van der Waals surface area (Å²) in [6.45, 7) is 0. The SMILES string of the molecule is CSc1ccccc1-n1c(=S)[nH]c2ccccc21. The highest BCUT2D eigenvalue weighted by atomic mass is 32.2. The van der Waals surface area contributed by atoms with Crippen LogP contribution >= 0.6 is 24.0 Å². The second-order valence-corrected chi connectivity index (χ2v) is 5.19. The number of thioether (sulfide) groups is 1. The fraction of sp³-hybridized carbons (Fsp3) is 0.0714.